The Balaban J connectivity index is 2.50. The zero-order valence-electron chi connectivity index (χ0n) is 10.7. The summed E-state index contributed by atoms with van der Waals surface area (Å²) in [7, 11) is 0. The molecule has 0 saturated heterocycles. The second-order valence-corrected chi connectivity index (χ2v) is 5.31. The largest absolute Gasteiger partial charge is 0.384 e. The highest BCUT2D eigenvalue weighted by molar-refractivity contribution is 5.41. The average molecular weight is 230 g/mol. The van der Waals surface area contributed by atoms with E-state index in [0.29, 0.717) is 5.82 Å². The standard InChI is InChI=1S/C13H18N4/c1-9-5-6-15-12(7-9)17-11(14)8-10(16-17)13(2,3)4/h5-8H,14H2,1-4H3. The maximum Gasteiger partial charge on any atom is 0.155 e. The topological polar surface area (TPSA) is 56.7 Å². The van der Waals surface area contributed by atoms with Crippen LogP contribution in [0.15, 0.2) is 24.4 Å². The third-order valence-electron chi connectivity index (χ3n) is 2.62. The maximum absolute atomic E-state index is 5.98. The van der Waals surface area contributed by atoms with Crippen LogP contribution in [-0.4, -0.2) is 14.8 Å². The minimum Gasteiger partial charge on any atom is -0.384 e. The molecule has 0 amide bonds. The fourth-order valence-electron chi connectivity index (χ4n) is 1.58. The van der Waals surface area contributed by atoms with E-state index in [9.17, 15) is 0 Å². The average Bonchev–Trinajstić information content (AvgIpc) is 2.60. The van der Waals surface area contributed by atoms with Crippen molar-refractivity contribution in [1.29, 1.82) is 0 Å². The molecule has 0 aliphatic rings. The van der Waals surface area contributed by atoms with Gasteiger partial charge in [-0.15, -0.1) is 0 Å². The van der Waals surface area contributed by atoms with Crippen LogP contribution in [0.3, 0.4) is 0 Å². The first-order valence-electron chi connectivity index (χ1n) is 5.67. The van der Waals surface area contributed by atoms with E-state index >= 15 is 0 Å². The van der Waals surface area contributed by atoms with Crippen molar-refractivity contribution in [3.05, 3.63) is 35.7 Å². The molecule has 2 aromatic heterocycles. The minimum absolute atomic E-state index is 0.0107. The predicted octanol–water partition coefficient (Wildman–Crippen LogP) is 2.46. The van der Waals surface area contributed by atoms with E-state index in [1.54, 1.807) is 10.9 Å². The number of rotatable bonds is 1. The van der Waals surface area contributed by atoms with E-state index in [0.717, 1.165) is 17.1 Å². The van der Waals surface area contributed by atoms with Crippen LogP contribution in [-0.2, 0) is 5.41 Å². The number of aromatic nitrogens is 3. The van der Waals surface area contributed by atoms with E-state index in [2.05, 4.69) is 30.9 Å². The smallest absolute Gasteiger partial charge is 0.155 e. The van der Waals surface area contributed by atoms with Gasteiger partial charge in [-0.05, 0) is 24.6 Å². The summed E-state index contributed by atoms with van der Waals surface area (Å²) in [4.78, 5) is 4.29. The number of nitrogen functional groups attached to an aromatic ring is 1. The van der Waals surface area contributed by atoms with Crippen molar-refractivity contribution in [1.82, 2.24) is 14.8 Å². The molecular formula is C13H18N4. The highest BCUT2D eigenvalue weighted by Crippen LogP contribution is 2.24. The lowest BCUT2D eigenvalue weighted by atomic mass is 9.92. The molecular weight excluding hydrogens is 212 g/mol. The molecule has 0 spiro atoms. The molecule has 0 radical (unpaired) electrons. The molecule has 90 valence electrons. The predicted molar refractivity (Wildman–Crippen MR) is 69.2 cm³/mol. The van der Waals surface area contributed by atoms with Gasteiger partial charge in [0.1, 0.15) is 5.82 Å². The molecule has 2 heterocycles. The van der Waals surface area contributed by atoms with Gasteiger partial charge in [0.15, 0.2) is 5.82 Å². The van der Waals surface area contributed by atoms with Crippen LogP contribution in [0.2, 0.25) is 0 Å². The molecule has 0 fully saturated rings. The van der Waals surface area contributed by atoms with E-state index < -0.39 is 0 Å². The SMILES string of the molecule is Cc1ccnc(-n2nc(C(C)(C)C)cc2N)c1. The van der Waals surface area contributed by atoms with Gasteiger partial charge < -0.3 is 5.73 Å². The van der Waals surface area contributed by atoms with E-state index in [-0.39, 0.29) is 5.41 Å². The minimum atomic E-state index is -0.0107. The van der Waals surface area contributed by atoms with Crippen molar-refractivity contribution in [2.75, 3.05) is 5.73 Å². The monoisotopic (exact) mass is 230 g/mol. The molecule has 0 saturated carbocycles. The van der Waals surface area contributed by atoms with Gasteiger partial charge in [0.25, 0.3) is 0 Å². The van der Waals surface area contributed by atoms with Crippen LogP contribution in [0.5, 0.6) is 0 Å². The third kappa shape index (κ3) is 2.30. The molecule has 4 heteroatoms. The van der Waals surface area contributed by atoms with Crippen LogP contribution < -0.4 is 5.73 Å². The van der Waals surface area contributed by atoms with Crippen molar-refractivity contribution in [2.45, 2.75) is 33.1 Å². The molecule has 0 unspecified atom stereocenters. The maximum atomic E-state index is 5.98. The lowest BCUT2D eigenvalue weighted by molar-refractivity contribution is 0.559. The van der Waals surface area contributed by atoms with Crippen LogP contribution in [0.25, 0.3) is 5.82 Å². The number of aryl methyl sites for hydroxylation is 1. The molecule has 0 aliphatic carbocycles. The molecule has 0 aliphatic heterocycles. The molecule has 2 N–H and O–H groups in total. The summed E-state index contributed by atoms with van der Waals surface area (Å²) in [5.74, 6) is 1.38. The Morgan fingerprint density at radius 1 is 1.24 bits per heavy atom. The normalized spacial score (nSPS) is 11.8. The second-order valence-electron chi connectivity index (χ2n) is 5.31. The van der Waals surface area contributed by atoms with Gasteiger partial charge in [0.2, 0.25) is 0 Å². The van der Waals surface area contributed by atoms with Crippen LogP contribution in [0, 0.1) is 6.92 Å². The Morgan fingerprint density at radius 3 is 2.47 bits per heavy atom. The molecule has 2 rings (SSSR count). The first kappa shape index (κ1) is 11.6. The van der Waals surface area contributed by atoms with E-state index in [1.807, 2.05) is 25.1 Å². The third-order valence-corrected chi connectivity index (χ3v) is 2.62. The number of hydrogen-bond acceptors (Lipinski definition) is 3. The number of nitrogens with zero attached hydrogens (tertiary/aromatic N) is 3. The zero-order chi connectivity index (χ0) is 12.6. The van der Waals surface area contributed by atoms with Gasteiger partial charge in [0, 0.05) is 17.7 Å². The van der Waals surface area contributed by atoms with Crippen molar-refractivity contribution in [2.24, 2.45) is 0 Å². The van der Waals surface area contributed by atoms with Crippen LogP contribution >= 0.6 is 0 Å². The molecule has 2 aromatic rings. The lowest BCUT2D eigenvalue weighted by Gasteiger charge is -2.14. The lowest BCUT2D eigenvalue weighted by Crippen LogP contribution is -2.13. The number of hydrogen-bond donors (Lipinski definition) is 1. The Hall–Kier alpha value is -1.84. The van der Waals surface area contributed by atoms with Crippen molar-refractivity contribution in [3.63, 3.8) is 0 Å². The van der Waals surface area contributed by atoms with E-state index in [4.69, 9.17) is 5.73 Å². The number of pyridine rings is 1. The summed E-state index contributed by atoms with van der Waals surface area (Å²) in [5, 5.41) is 4.52. The highest BCUT2D eigenvalue weighted by Gasteiger charge is 2.19. The Kier molecular flexibility index (Phi) is 2.65. The first-order chi connectivity index (χ1) is 7.88. The van der Waals surface area contributed by atoms with Crippen LogP contribution in [0.1, 0.15) is 32.0 Å². The summed E-state index contributed by atoms with van der Waals surface area (Å²) in [6.07, 6.45) is 1.77. The quantitative estimate of drug-likeness (QED) is 0.818. The number of anilines is 1. The first-order valence-corrected chi connectivity index (χ1v) is 5.67. The van der Waals surface area contributed by atoms with Gasteiger partial charge in [0.05, 0.1) is 5.69 Å². The summed E-state index contributed by atoms with van der Waals surface area (Å²) >= 11 is 0. The molecule has 0 atom stereocenters. The van der Waals surface area contributed by atoms with Crippen molar-refractivity contribution < 1.29 is 0 Å². The van der Waals surface area contributed by atoms with Crippen molar-refractivity contribution in [3.8, 4) is 5.82 Å². The summed E-state index contributed by atoms with van der Waals surface area (Å²) in [5.41, 5.74) is 8.08. The summed E-state index contributed by atoms with van der Waals surface area (Å²) in [6, 6.07) is 5.83. The second kappa shape index (κ2) is 3.87. The van der Waals surface area contributed by atoms with Gasteiger partial charge in [-0.25, -0.2) is 4.98 Å². The highest BCUT2D eigenvalue weighted by atomic mass is 15.3. The Bertz CT molecular complexity index is 535. The Labute approximate surface area is 101 Å². The van der Waals surface area contributed by atoms with Gasteiger partial charge >= 0.3 is 0 Å². The summed E-state index contributed by atoms with van der Waals surface area (Å²) < 4.78 is 1.69. The number of nitrogens with two attached hydrogens (primary N) is 1. The van der Waals surface area contributed by atoms with Crippen molar-refractivity contribution >= 4 is 5.82 Å². The fraction of sp³-hybridized carbons (Fsp3) is 0.385. The van der Waals surface area contributed by atoms with Gasteiger partial charge in [-0.1, -0.05) is 20.8 Å². The zero-order valence-corrected chi connectivity index (χ0v) is 10.7. The molecule has 0 bridgehead atoms. The molecule has 17 heavy (non-hydrogen) atoms. The fourth-order valence-corrected chi connectivity index (χ4v) is 1.58. The molecule has 0 aromatic carbocycles. The van der Waals surface area contributed by atoms with E-state index in [1.165, 1.54) is 0 Å². The van der Waals surface area contributed by atoms with Crippen LogP contribution in [0.4, 0.5) is 5.82 Å². The molecule has 4 nitrogen and oxygen atoms in total. The summed E-state index contributed by atoms with van der Waals surface area (Å²) in [6.45, 7) is 8.36. The van der Waals surface area contributed by atoms with Gasteiger partial charge in [-0.3, -0.25) is 0 Å². The van der Waals surface area contributed by atoms with Gasteiger partial charge in [-0.2, -0.15) is 9.78 Å². The Morgan fingerprint density at radius 2 is 1.94 bits per heavy atom.